The third kappa shape index (κ3) is 5.20. The zero-order chi connectivity index (χ0) is 24.3. The van der Waals surface area contributed by atoms with E-state index in [1.807, 2.05) is 49.4 Å². The number of aryl methyl sites for hydroxylation is 1. The van der Waals surface area contributed by atoms with Crippen LogP contribution in [0.15, 0.2) is 72.9 Å². The Hall–Kier alpha value is -3.87. The second-order valence-corrected chi connectivity index (χ2v) is 7.93. The highest BCUT2D eigenvalue weighted by Crippen LogP contribution is 2.38. The van der Waals surface area contributed by atoms with E-state index in [1.165, 1.54) is 19.2 Å². The molecule has 0 saturated heterocycles. The molecule has 0 aliphatic rings. The van der Waals surface area contributed by atoms with Crippen molar-refractivity contribution < 1.29 is 27.4 Å². The first-order chi connectivity index (χ1) is 16.2. The third-order valence-corrected chi connectivity index (χ3v) is 5.39. The lowest BCUT2D eigenvalue weighted by atomic mass is 9.95. The van der Waals surface area contributed by atoms with Crippen LogP contribution in [0.5, 0.6) is 5.75 Å². The summed E-state index contributed by atoms with van der Waals surface area (Å²) in [4.78, 5) is 15.0. The van der Waals surface area contributed by atoms with Crippen molar-refractivity contribution in [2.24, 2.45) is 0 Å². The number of carbonyl (C=O) groups is 1. The number of hydrogen-bond donors (Lipinski definition) is 0. The number of benzene rings is 3. The zero-order valence-corrected chi connectivity index (χ0v) is 18.6. The van der Waals surface area contributed by atoms with Gasteiger partial charge in [-0.25, -0.2) is 0 Å². The Morgan fingerprint density at radius 2 is 1.62 bits per heavy atom. The van der Waals surface area contributed by atoms with Crippen molar-refractivity contribution in [3.63, 3.8) is 0 Å². The monoisotopic (exact) mass is 465 g/mol. The number of rotatable bonds is 6. The number of hydrogen-bond acceptors (Lipinski definition) is 4. The van der Waals surface area contributed by atoms with Crippen molar-refractivity contribution >= 4 is 16.9 Å². The third-order valence-electron chi connectivity index (χ3n) is 5.39. The van der Waals surface area contributed by atoms with Crippen LogP contribution in [-0.4, -0.2) is 11.0 Å². The van der Waals surface area contributed by atoms with Gasteiger partial charge in [0, 0.05) is 18.5 Å². The minimum absolute atomic E-state index is 0.0734. The van der Waals surface area contributed by atoms with E-state index in [9.17, 15) is 18.0 Å². The molecule has 174 valence electrons. The van der Waals surface area contributed by atoms with Gasteiger partial charge in [0.15, 0.2) is 0 Å². The van der Waals surface area contributed by atoms with Crippen molar-refractivity contribution in [2.45, 2.75) is 33.2 Å². The first-order valence-electron chi connectivity index (χ1n) is 10.6. The fraction of sp³-hybridized carbons (Fsp3) is 0.185. The molecule has 0 saturated carbocycles. The Labute approximate surface area is 195 Å². The minimum atomic E-state index is -4.49. The molecule has 0 aliphatic heterocycles. The number of carbonyl (C=O) groups excluding carboxylic acids is 1. The maximum atomic E-state index is 13.5. The highest BCUT2D eigenvalue weighted by molar-refractivity contribution is 5.97. The summed E-state index contributed by atoms with van der Waals surface area (Å²) in [6.45, 7) is 3.72. The Kier molecular flexibility index (Phi) is 6.54. The summed E-state index contributed by atoms with van der Waals surface area (Å²) < 4.78 is 51.4. The van der Waals surface area contributed by atoms with Crippen LogP contribution in [0.3, 0.4) is 0 Å². The number of fused-ring (bicyclic) bond motifs is 1. The van der Waals surface area contributed by atoms with E-state index < -0.39 is 11.7 Å². The number of alkyl halides is 3. The first kappa shape index (κ1) is 23.3. The largest absolute Gasteiger partial charge is 0.489 e. The molecule has 0 unspecified atom stereocenters. The van der Waals surface area contributed by atoms with Gasteiger partial charge >= 0.3 is 12.1 Å². The molecule has 0 N–H and O–H groups in total. The zero-order valence-electron chi connectivity index (χ0n) is 18.6. The highest BCUT2D eigenvalue weighted by Gasteiger charge is 2.33. The summed E-state index contributed by atoms with van der Waals surface area (Å²) in [6.07, 6.45) is -3.02. The van der Waals surface area contributed by atoms with Crippen LogP contribution in [-0.2, 0) is 28.9 Å². The molecule has 0 bridgehead atoms. The predicted molar refractivity (Wildman–Crippen MR) is 123 cm³/mol. The van der Waals surface area contributed by atoms with Gasteiger partial charge in [-0.3, -0.25) is 9.78 Å². The fourth-order valence-corrected chi connectivity index (χ4v) is 3.76. The Morgan fingerprint density at radius 1 is 0.941 bits per heavy atom. The topological polar surface area (TPSA) is 48.4 Å². The van der Waals surface area contributed by atoms with E-state index in [1.54, 1.807) is 12.1 Å². The quantitative estimate of drug-likeness (QED) is 0.292. The number of para-hydroxylation sites is 1. The summed E-state index contributed by atoms with van der Waals surface area (Å²) >= 11 is 0. The molecule has 4 rings (SSSR count). The smallest absolute Gasteiger partial charge is 0.418 e. The molecule has 0 fully saturated rings. The summed E-state index contributed by atoms with van der Waals surface area (Å²) in [5.74, 6) is 0.261. The molecule has 1 heterocycles. The molecular weight excluding hydrogens is 443 g/mol. The van der Waals surface area contributed by atoms with Crippen molar-refractivity contribution in [2.75, 3.05) is 0 Å². The highest BCUT2D eigenvalue weighted by atomic mass is 19.4. The van der Waals surface area contributed by atoms with Crippen molar-refractivity contribution in [1.29, 1.82) is 0 Å². The van der Waals surface area contributed by atoms with E-state index in [4.69, 9.17) is 9.47 Å². The van der Waals surface area contributed by atoms with Crippen LogP contribution in [0.25, 0.3) is 22.0 Å². The Balaban J connectivity index is 1.58. The first-order valence-corrected chi connectivity index (χ1v) is 10.6. The van der Waals surface area contributed by atoms with Gasteiger partial charge < -0.3 is 9.47 Å². The lowest BCUT2D eigenvalue weighted by Crippen LogP contribution is -2.07. The predicted octanol–water partition coefficient (Wildman–Crippen LogP) is 6.87. The summed E-state index contributed by atoms with van der Waals surface area (Å²) in [6, 6.07) is 18.9. The van der Waals surface area contributed by atoms with Crippen molar-refractivity contribution in [3.8, 4) is 16.9 Å². The van der Waals surface area contributed by atoms with Crippen LogP contribution in [0.4, 0.5) is 13.2 Å². The Morgan fingerprint density at radius 3 is 2.29 bits per heavy atom. The van der Waals surface area contributed by atoms with Gasteiger partial charge in [0.05, 0.1) is 11.1 Å². The van der Waals surface area contributed by atoms with E-state index in [2.05, 4.69) is 4.98 Å². The average molecular weight is 465 g/mol. The van der Waals surface area contributed by atoms with Crippen molar-refractivity contribution in [1.82, 2.24) is 4.98 Å². The number of halogens is 3. The number of esters is 1. The maximum absolute atomic E-state index is 13.5. The number of pyridine rings is 1. The number of nitrogens with zero attached hydrogens (tertiary/aromatic N) is 1. The van der Waals surface area contributed by atoms with Crippen LogP contribution in [0.2, 0.25) is 0 Å². The van der Waals surface area contributed by atoms with Gasteiger partial charge in [0.2, 0.25) is 0 Å². The van der Waals surface area contributed by atoms with E-state index in [0.29, 0.717) is 23.3 Å². The minimum Gasteiger partial charge on any atom is -0.489 e. The molecule has 1 aromatic heterocycles. The van der Waals surface area contributed by atoms with E-state index >= 15 is 0 Å². The van der Waals surface area contributed by atoms with E-state index in [-0.39, 0.29) is 18.1 Å². The second kappa shape index (κ2) is 9.55. The van der Waals surface area contributed by atoms with Gasteiger partial charge in [-0.05, 0) is 52.9 Å². The standard InChI is InChI=1S/C27H22F3NO3/c1-17-14-31-26-23(7-4-8-24(26)27(28,29)30)25(17)21-5-3-6-22(13-21)34-16-20-11-9-19(10-12-20)15-33-18(2)32/h3-14H,15-16H2,1-2H3. The molecule has 0 aliphatic carbocycles. The summed E-state index contributed by atoms with van der Waals surface area (Å²) in [5, 5.41) is 0.440. The van der Waals surface area contributed by atoms with Gasteiger partial charge in [0.1, 0.15) is 19.0 Å². The number of ether oxygens (including phenoxy) is 2. The maximum Gasteiger partial charge on any atom is 0.418 e. The molecule has 4 nitrogen and oxygen atoms in total. The summed E-state index contributed by atoms with van der Waals surface area (Å²) in [5.41, 5.74) is 3.19. The normalized spacial score (nSPS) is 11.4. The molecule has 0 radical (unpaired) electrons. The Bertz CT molecular complexity index is 1330. The SMILES string of the molecule is CC(=O)OCc1ccc(COc2cccc(-c3c(C)cnc4c(C(F)(F)F)cccc34)c2)cc1. The number of aromatic nitrogens is 1. The van der Waals surface area contributed by atoms with Crippen LogP contribution >= 0.6 is 0 Å². The molecule has 4 aromatic rings. The molecule has 0 atom stereocenters. The molecule has 34 heavy (non-hydrogen) atoms. The lowest BCUT2D eigenvalue weighted by molar-refractivity contribution is -0.142. The molecule has 0 amide bonds. The van der Waals surface area contributed by atoms with Crippen LogP contribution in [0.1, 0.15) is 29.2 Å². The summed E-state index contributed by atoms with van der Waals surface area (Å²) in [7, 11) is 0. The molecule has 0 spiro atoms. The van der Waals surface area contributed by atoms with Crippen molar-refractivity contribution in [3.05, 3.63) is 95.2 Å². The average Bonchev–Trinajstić information content (AvgIpc) is 2.81. The van der Waals surface area contributed by atoms with E-state index in [0.717, 1.165) is 28.3 Å². The van der Waals surface area contributed by atoms with Gasteiger partial charge in [-0.15, -0.1) is 0 Å². The lowest BCUT2D eigenvalue weighted by Gasteiger charge is -2.15. The van der Waals surface area contributed by atoms with Crippen LogP contribution in [0, 0.1) is 6.92 Å². The fourth-order valence-electron chi connectivity index (χ4n) is 3.76. The van der Waals surface area contributed by atoms with Gasteiger partial charge in [0.25, 0.3) is 0 Å². The van der Waals surface area contributed by atoms with Gasteiger partial charge in [-0.1, -0.05) is 48.5 Å². The van der Waals surface area contributed by atoms with Gasteiger partial charge in [-0.2, -0.15) is 13.2 Å². The molecule has 7 heteroatoms. The second-order valence-electron chi connectivity index (χ2n) is 7.93. The molecular formula is C27H22F3NO3. The molecule has 3 aromatic carbocycles. The van der Waals surface area contributed by atoms with Crippen LogP contribution < -0.4 is 4.74 Å².